The molecule has 202 valence electrons. The van der Waals surface area contributed by atoms with Crippen molar-refractivity contribution in [1.29, 1.82) is 0 Å². The molecular weight excluding hydrogens is 534 g/mol. The van der Waals surface area contributed by atoms with Crippen molar-refractivity contribution in [2.45, 2.75) is 30.1 Å². The fourth-order valence-corrected chi connectivity index (χ4v) is 5.80. The number of amidine groups is 1. The Kier molecular flexibility index (Phi) is 8.64. The number of aliphatic hydroxyl groups excluding tert-OH is 1. The molecule has 2 atom stereocenters. The average molecular weight is 564 g/mol. The Bertz CT molecular complexity index is 1480. The minimum absolute atomic E-state index is 0.154. The zero-order valence-corrected chi connectivity index (χ0v) is 22.7. The van der Waals surface area contributed by atoms with Crippen molar-refractivity contribution in [3.8, 4) is 0 Å². The van der Waals surface area contributed by atoms with E-state index in [9.17, 15) is 13.5 Å². The van der Waals surface area contributed by atoms with Gasteiger partial charge in [-0.1, -0.05) is 18.2 Å². The van der Waals surface area contributed by atoms with Crippen molar-refractivity contribution in [2.75, 3.05) is 17.8 Å². The van der Waals surface area contributed by atoms with Crippen LogP contribution in [-0.4, -0.2) is 43.7 Å². The summed E-state index contributed by atoms with van der Waals surface area (Å²) in [5, 5.41) is 17.5. The number of aliphatic imine (C=N–C) groups is 1. The first-order chi connectivity index (χ1) is 19.0. The molecule has 4 N–H and O–H groups in total. The number of anilines is 1. The Morgan fingerprint density at radius 2 is 1.87 bits per heavy atom. The van der Waals surface area contributed by atoms with Gasteiger partial charge in [0, 0.05) is 42.2 Å². The number of hydrogen-bond acceptors (Lipinski definition) is 9. The molecule has 9 nitrogen and oxygen atoms in total. The molecule has 1 aliphatic heterocycles. The summed E-state index contributed by atoms with van der Waals surface area (Å²) in [5.41, 5.74) is 7.04. The number of nitrogens with zero attached hydrogens (tertiary/aromatic N) is 2. The van der Waals surface area contributed by atoms with Gasteiger partial charge in [0.2, 0.25) is 0 Å². The van der Waals surface area contributed by atoms with Gasteiger partial charge in [0.15, 0.2) is 12.1 Å². The summed E-state index contributed by atoms with van der Waals surface area (Å²) < 4.78 is 28.5. The first-order valence-corrected chi connectivity index (χ1v) is 14.9. The number of sulfonamides is 1. The fraction of sp³-hybridized carbons (Fsp3) is 0.214. The quantitative estimate of drug-likeness (QED) is 0.194. The largest absolute Gasteiger partial charge is 0.387 e. The van der Waals surface area contributed by atoms with Gasteiger partial charge in [0.25, 0.3) is 10.0 Å². The summed E-state index contributed by atoms with van der Waals surface area (Å²) in [6.45, 7) is 1.10. The van der Waals surface area contributed by atoms with E-state index in [4.69, 9.17) is 4.84 Å². The summed E-state index contributed by atoms with van der Waals surface area (Å²) in [4.78, 5) is 14.3. The molecule has 2 aromatic carbocycles. The van der Waals surface area contributed by atoms with Crippen molar-refractivity contribution in [3.05, 3.63) is 112 Å². The minimum atomic E-state index is -3.75. The molecule has 0 radical (unpaired) electrons. The number of aliphatic hydroxyl groups is 1. The number of nitrogens with one attached hydrogen (secondary N) is 3. The highest BCUT2D eigenvalue weighted by Gasteiger charge is 2.21. The maximum absolute atomic E-state index is 12.9. The first kappa shape index (κ1) is 27.0. The SMILES string of the molecule is O=S(=O)(Nc1ccc(CCNCC(O)c2cccnc2)cc1)c1ccc(C2=NC(Cc3ccsc3)ON2)cc1. The Labute approximate surface area is 231 Å². The van der Waals surface area contributed by atoms with E-state index in [2.05, 4.69) is 30.9 Å². The number of rotatable bonds is 12. The molecule has 5 rings (SSSR count). The van der Waals surface area contributed by atoms with E-state index in [0.29, 0.717) is 31.0 Å². The molecule has 39 heavy (non-hydrogen) atoms. The van der Waals surface area contributed by atoms with Crippen LogP contribution in [0.4, 0.5) is 5.69 Å². The molecule has 11 heteroatoms. The van der Waals surface area contributed by atoms with E-state index in [1.54, 1.807) is 66.2 Å². The maximum atomic E-state index is 12.9. The van der Waals surface area contributed by atoms with Gasteiger partial charge in [-0.3, -0.25) is 9.71 Å². The van der Waals surface area contributed by atoms with Gasteiger partial charge in [-0.25, -0.2) is 23.7 Å². The second-order valence-electron chi connectivity index (χ2n) is 9.07. The van der Waals surface area contributed by atoms with Crippen LogP contribution in [0.15, 0.2) is 99.8 Å². The highest BCUT2D eigenvalue weighted by Crippen LogP contribution is 2.20. The first-order valence-electron chi connectivity index (χ1n) is 12.5. The standard InChI is InChI=1S/C28H29N5O4S2/c34-26(23-2-1-13-29-17-23)18-30-14-11-20-3-7-24(8-4-20)33-39(35,36)25-9-5-22(6-10-25)28-31-27(37-32-28)16-21-12-15-38-19-21/h1-10,12-13,15,17,19,26-27,30,33-34H,11,14,16,18H2,(H,31,32). The van der Waals surface area contributed by atoms with E-state index < -0.39 is 16.1 Å². The third-order valence-electron chi connectivity index (χ3n) is 6.20. The lowest BCUT2D eigenvalue weighted by molar-refractivity contribution is 0.0390. The van der Waals surface area contributed by atoms with Crippen molar-refractivity contribution >= 4 is 32.9 Å². The molecule has 2 unspecified atom stereocenters. The number of benzene rings is 2. The van der Waals surface area contributed by atoms with Crippen LogP contribution in [0.2, 0.25) is 0 Å². The Morgan fingerprint density at radius 3 is 2.59 bits per heavy atom. The van der Waals surface area contributed by atoms with Gasteiger partial charge in [0.05, 0.1) is 11.0 Å². The van der Waals surface area contributed by atoms with Crippen LogP contribution in [0.5, 0.6) is 0 Å². The van der Waals surface area contributed by atoms with Crippen LogP contribution < -0.4 is 15.5 Å². The Hall–Kier alpha value is -3.61. The summed E-state index contributed by atoms with van der Waals surface area (Å²) in [7, 11) is -3.75. The third-order valence-corrected chi connectivity index (χ3v) is 8.33. The molecule has 2 aromatic heterocycles. The topological polar surface area (TPSA) is 125 Å². The van der Waals surface area contributed by atoms with Gasteiger partial charge >= 0.3 is 0 Å². The number of aromatic nitrogens is 1. The predicted octanol–water partition coefficient (Wildman–Crippen LogP) is 3.66. The molecule has 3 heterocycles. The molecule has 0 saturated heterocycles. The summed E-state index contributed by atoms with van der Waals surface area (Å²) >= 11 is 1.63. The lowest BCUT2D eigenvalue weighted by Gasteiger charge is -2.12. The van der Waals surface area contributed by atoms with E-state index in [1.807, 2.05) is 29.6 Å². The molecule has 1 aliphatic rings. The monoisotopic (exact) mass is 563 g/mol. The van der Waals surface area contributed by atoms with Gasteiger partial charge in [-0.05, 0) is 83.4 Å². The smallest absolute Gasteiger partial charge is 0.261 e. The molecule has 0 spiro atoms. The van der Waals surface area contributed by atoms with E-state index in [0.717, 1.165) is 28.7 Å². The maximum Gasteiger partial charge on any atom is 0.261 e. The van der Waals surface area contributed by atoms with E-state index >= 15 is 0 Å². The summed E-state index contributed by atoms with van der Waals surface area (Å²) in [6.07, 6.45) is 3.79. The van der Waals surface area contributed by atoms with Crippen LogP contribution in [0.3, 0.4) is 0 Å². The average Bonchev–Trinajstić information content (AvgIpc) is 3.65. The van der Waals surface area contributed by atoms with Crippen LogP contribution in [0, 0.1) is 0 Å². The van der Waals surface area contributed by atoms with Crippen LogP contribution >= 0.6 is 11.3 Å². The van der Waals surface area contributed by atoms with Gasteiger partial charge in [0.1, 0.15) is 0 Å². The fourth-order valence-electron chi connectivity index (χ4n) is 4.06. The van der Waals surface area contributed by atoms with E-state index in [1.165, 1.54) is 0 Å². The van der Waals surface area contributed by atoms with Crippen LogP contribution in [0.25, 0.3) is 0 Å². The lowest BCUT2D eigenvalue weighted by Crippen LogP contribution is -2.23. The van der Waals surface area contributed by atoms with Crippen LogP contribution in [-0.2, 0) is 27.7 Å². The van der Waals surface area contributed by atoms with Crippen molar-refractivity contribution < 1.29 is 18.4 Å². The Balaban J connectivity index is 1.11. The number of thiophene rings is 1. The Morgan fingerprint density at radius 1 is 1.05 bits per heavy atom. The summed E-state index contributed by atoms with van der Waals surface area (Å²) in [5.74, 6) is 0.573. The van der Waals surface area contributed by atoms with Gasteiger partial charge in [-0.2, -0.15) is 11.3 Å². The zero-order valence-electron chi connectivity index (χ0n) is 21.0. The second kappa shape index (κ2) is 12.5. The summed E-state index contributed by atoms with van der Waals surface area (Å²) in [6, 6.07) is 19.4. The van der Waals surface area contributed by atoms with E-state index in [-0.39, 0.29) is 11.1 Å². The lowest BCUT2D eigenvalue weighted by atomic mass is 10.1. The molecule has 0 aliphatic carbocycles. The minimum Gasteiger partial charge on any atom is -0.387 e. The number of hydrogen-bond donors (Lipinski definition) is 4. The molecule has 0 amide bonds. The molecule has 0 fully saturated rings. The molecule has 4 aromatic rings. The zero-order chi connectivity index (χ0) is 27.1. The van der Waals surface area contributed by atoms with Crippen LogP contribution in [0.1, 0.15) is 28.4 Å². The van der Waals surface area contributed by atoms with Gasteiger partial charge < -0.3 is 10.4 Å². The van der Waals surface area contributed by atoms with Crippen molar-refractivity contribution in [2.24, 2.45) is 4.99 Å². The highest BCUT2D eigenvalue weighted by molar-refractivity contribution is 7.92. The van der Waals surface area contributed by atoms with Crippen molar-refractivity contribution in [3.63, 3.8) is 0 Å². The molecule has 0 saturated carbocycles. The normalized spacial score (nSPS) is 15.9. The van der Waals surface area contributed by atoms with Crippen molar-refractivity contribution in [1.82, 2.24) is 15.8 Å². The predicted molar refractivity (Wildman–Crippen MR) is 152 cm³/mol. The second-order valence-corrected chi connectivity index (χ2v) is 11.5. The molecular formula is C28H29N5O4S2. The third kappa shape index (κ3) is 7.28. The number of hydroxylamine groups is 1. The van der Waals surface area contributed by atoms with Gasteiger partial charge in [-0.15, -0.1) is 0 Å². The highest BCUT2D eigenvalue weighted by atomic mass is 32.2. The molecule has 0 bridgehead atoms. The number of pyridine rings is 1.